The largest absolute Gasteiger partial charge is 0.490 e. The Balaban J connectivity index is 1.89. The van der Waals surface area contributed by atoms with Crippen molar-refractivity contribution in [2.45, 2.75) is 19.4 Å². The van der Waals surface area contributed by atoms with Crippen LogP contribution in [0.25, 0.3) is 0 Å². The van der Waals surface area contributed by atoms with Crippen LogP contribution in [0.4, 0.5) is 0 Å². The third-order valence-corrected chi connectivity index (χ3v) is 5.85. The van der Waals surface area contributed by atoms with Crippen LogP contribution in [0, 0.1) is 0 Å². The lowest BCUT2D eigenvalue weighted by molar-refractivity contribution is -0.136. The summed E-state index contributed by atoms with van der Waals surface area (Å²) in [6, 6.07) is 6.00. The fraction of sp³-hybridized carbons (Fsp3) is 0.444. The Labute approximate surface area is 153 Å². The topological polar surface area (TPSA) is 90.0 Å². The van der Waals surface area contributed by atoms with Gasteiger partial charge in [0.15, 0.2) is 16.4 Å². The number of likely N-dealkylation sites (N-methyl/N-ethyl adjacent to an activating group) is 1. The van der Waals surface area contributed by atoms with Crippen molar-refractivity contribution in [1.29, 1.82) is 0 Å². The summed E-state index contributed by atoms with van der Waals surface area (Å²) in [4.78, 5) is 25.8. The van der Waals surface area contributed by atoms with E-state index in [1.165, 1.54) is 4.90 Å². The lowest BCUT2D eigenvalue weighted by Gasteiger charge is -2.26. The van der Waals surface area contributed by atoms with Gasteiger partial charge in [-0.3, -0.25) is 4.79 Å². The summed E-state index contributed by atoms with van der Waals surface area (Å²) in [6.45, 7) is 5.63. The molecule has 1 unspecified atom stereocenters. The second-order valence-electron chi connectivity index (χ2n) is 5.94. The van der Waals surface area contributed by atoms with E-state index in [1.54, 1.807) is 37.3 Å². The second-order valence-corrected chi connectivity index (χ2v) is 8.17. The van der Waals surface area contributed by atoms with Crippen molar-refractivity contribution in [3.63, 3.8) is 0 Å². The summed E-state index contributed by atoms with van der Waals surface area (Å²) < 4.78 is 33.6. The number of carbonyl (C=O) groups is 2. The summed E-state index contributed by atoms with van der Waals surface area (Å²) >= 11 is 0. The molecule has 1 aliphatic heterocycles. The quantitative estimate of drug-likeness (QED) is 0.500. The Morgan fingerprint density at radius 3 is 2.54 bits per heavy atom. The number of esters is 1. The number of hydrogen-bond donors (Lipinski definition) is 0. The molecule has 1 amide bonds. The SMILES string of the molecule is C=CCOc1ccc(C(=O)OCC(=O)N(CC)C2CCS(=O)(=O)C2)cc1. The van der Waals surface area contributed by atoms with E-state index in [1.807, 2.05) is 0 Å². The molecule has 0 aromatic heterocycles. The van der Waals surface area contributed by atoms with E-state index in [0.29, 0.717) is 30.9 Å². The minimum absolute atomic E-state index is 0.0350. The summed E-state index contributed by atoms with van der Waals surface area (Å²) in [5.41, 5.74) is 0.301. The fourth-order valence-electron chi connectivity index (χ4n) is 2.80. The number of rotatable bonds is 8. The van der Waals surface area contributed by atoms with Crippen LogP contribution in [0.1, 0.15) is 23.7 Å². The number of benzene rings is 1. The summed E-state index contributed by atoms with van der Waals surface area (Å²) in [6.07, 6.45) is 2.03. The van der Waals surface area contributed by atoms with Gasteiger partial charge in [-0.2, -0.15) is 0 Å². The minimum Gasteiger partial charge on any atom is -0.490 e. The van der Waals surface area contributed by atoms with Crippen molar-refractivity contribution in [1.82, 2.24) is 4.90 Å². The van der Waals surface area contributed by atoms with Gasteiger partial charge in [-0.05, 0) is 37.6 Å². The van der Waals surface area contributed by atoms with Crippen LogP contribution in [0.3, 0.4) is 0 Å². The number of hydrogen-bond acceptors (Lipinski definition) is 6. The van der Waals surface area contributed by atoms with Gasteiger partial charge in [-0.15, -0.1) is 0 Å². The third-order valence-electron chi connectivity index (χ3n) is 4.09. The molecule has 2 rings (SSSR count). The number of nitrogens with zero attached hydrogens (tertiary/aromatic N) is 1. The summed E-state index contributed by atoms with van der Waals surface area (Å²) in [5, 5.41) is 0. The average molecular weight is 381 g/mol. The van der Waals surface area contributed by atoms with Gasteiger partial charge >= 0.3 is 5.97 Å². The number of ether oxygens (including phenoxy) is 2. The molecule has 1 fully saturated rings. The maximum absolute atomic E-state index is 12.3. The zero-order chi connectivity index (χ0) is 19.2. The van der Waals surface area contributed by atoms with E-state index in [0.717, 1.165) is 0 Å². The average Bonchev–Trinajstić information content (AvgIpc) is 2.98. The number of amides is 1. The van der Waals surface area contributed by atoms with Crippen LogP contribution in [-0.2, 0) is 19.4 Å². The molecule has 0 bridgehead atoms. The smallest absolute Gasteiger partial charge is 0.338 e. The molecule has 1 aromatic carbocycles. The number of sulfone groups is 1. The van der Waals surface area contributed by atoms with Gasteiger partial charge in [0.1, 0.15) is 12.4 Å². The van der Waals surface area contributed by atoms with Gasteiger partial charge in [-0.25, -0.2) is 13.2 Å². The lowest BCUT2D eigenvalue weighted by atomic mass is 10.2. The van der Waals surface area contributed by atoms with Crippen molar-refractivity contribution in [2.75, 3.05) is 31.3 Å². The van der Waals surface area contributed by atoms with Crippen molar-refractivity contribution < 1.29 is 27.5 Å². The molecule has 26 heavy (non-hydrogen) atoms. The van der Waals surface area contributed by atoms with Gasteiger partial charge in [0.25, 0.3) is 5.91 Å². The van der Waals surface area contributed by atoms with Crippen LogP contribution >= 0.6 is 0 Å². The molecule has 7 nitrogen and oxygen atoms in total. The monoisotopic (exact) mass is 381 g/mol. The van der Waals surface area contributed by atoms with E-state index in [-0.39, 0.29) is 17.5 Å². The Bertz CT molecular complexity index is 756. The van der Waals surface area contributed by atoms with E-state index in [4.69, 9.17) is 9.47 Å². The van der Waals surface area contributed by atoms with E-state index < -0.39 is 28.3 Å². The Kier molecular flexibility index (Phi) is 6.79. The molecule has 142 valence electrons. The fourth-order valence-corrected chi connectivity index (χ4v) is 4.53. The van der Waals surface area contributed by atoms with Crippen molar-refractivity contribution >= 4 is 21.7 Å². The first kappa shape index (κ1) is 20.0. The molecular weight excluding hydrogens is 358 g/mol. The van der Waals surface area contributed by atoms with Gasteiger partial charge in [-0.1, -0.05) is 12.7 Å². The molecule has 1 aromatic rings. The van der Waals surface area contributed by atoms with Crippen molar-refractivity contribution in [2.24, 2.45) is 0 Å². The first-order valence-electron chi connectivity index (χ1n) is 8.37. The highest BCUT2D eigenvalue weighted by Crippen LogP contribution is 2.18. The molecule has 1 heterocycles. The molecular formula is C18H23NO6S. The predicted molar refractivity (Wildman–Crippen MR) is 96.9 cm³/mol. The van der Waals surface area contributed by atoms with Gasteiger partial charge in [0.2, 0.25) is 0 Å². The molecule has 8 heteroatoms. The number of carbonyl (C=O) groups excluding carboxylic acids is 2. The zero-order valence-corrected chi connectivity index (χ0v) is 15.5. The maximum Gasteiger partial charge on any atom is 0.338 e. The molecule has 1 aliphatic rings. The molecule has 0 radical (unpaired) electrons. The highest BCUT2D eigenvalue weighted by molar-refractivity contribution is 7.91. The van der Waals surface area contributed by atoms with Crippen LogP contribution < -0.4 is 4.74 Å². The van der Waals surface area contributed by atoms with E-state index in [9.17, 15) is 18.0 Å². The molecule has 1 saturated heterocycles. The maximum atomic E-state index is 12.3. The van der Waals surface area contributed by atoms with E-state index >= 15 is 0 Å². The van der Waals surface area contributed by atoms with Gasteiger partial charge < -0.3 is 14.4 Å². The molecule has 0 spiro atoms. The highest BCUT2D eigenvalue weighted by Gasteiger charge is 2.34. The van der Waals surface area contributed by atoms with Crippen LogP contribution in [0.15, 0.2) is 36.9 Å². The molecule has 0 N–H and O–H groups in total. The molecule has 0 aliphatic carbocycles. The first-order chi connectivity index (χ1) is 12.4. The van der Waals surface area contributed by atoms with Crippen molar-refractivity contribution in [3.05, 3.63) is 42.5 Å². The van der Waals surface area contributed by atoms with Crippen LogP contribution in [0.5, 0.6) is 5.75 Å². The van der Waals surface area contributed by atoms with E-state index in [2.05, 4.69) is 6.58 Å². The summed E-state index contributed by atoms with van der Waals surface area (Å²) in [7, 11) is -3.09. The van der Waals surface area contributed by atoms with Gasteiger partial charge in [0, 0.05) is 12.6 Å². The third kappa shape index (κ3) is 5.32. The Hall–Kier alpha value is -2.35. The van der Waals surface area contributed by atoms with Crippen LogP contribution in [-0.4, -0.2) is 62.5 Å². The van der Waals surface area contributed by atoms with Gasteiger partial charge in [0.05, 0.1) is 17.1 Å². The predicted octanol–water partition coefficient (Wildman–Crippen LogP) is 1.44. The van der Waals surface area contributed by atoms with Crippen LogP contribution in [0.2, 0.25) is 0 Å². The first-order valence-corrected chi connectivity index (χ1v) is 10.2. The lowest BCUT2D eigenvalue weighted by Crippen LogP contribution is -2.43. The normalized spacial score (nSPS) is 18.1. The van der Waals surface area contributed by atoms with Crippen molar-refractivity contribution in [3.8, 4) is 5.75 Å². The zero-order valence-electron chi connectivity index (χ0n) is 14.7. The molecule has 1 atom stereocenters. The summed E-state index contributed by atoms with van der Waals surface area (Å²) in [5.74, 6) is -0.372. The second kappa shape index (κ2) is 8.84. The minimum atomic E-state index is -3.09. The Morgan fingerprint density at radius 1 is 1.31 bits per heavy atom. The molecule has 0 saturated carbocycles. The highest BCUT2D eigenvalue weighted by atomic mass is 32.2. The Morgan fingerprint density at radius 2 is 2.00 bits per heavy atom. The standard InChI is InChI=1S/C18H23NO6S/c1-3-10-24-16-7-5-14(6-8-16)18(21)25-12-17(20)19(4-2)15-9-11-26(22,23)13-15/h3,5-8,15H,1,4,9-13H2,2H3.